The molecule has 1 atom stereocenters. The molecule has 0 saturated heterocycles. The van der Waals surface area contributed by atoms with Gasteiger partial charge < -0.3 is 4.74 Å². The zero-order chi connectivity index (χ0) is 17.7. The number of halogens is 2. The molecule has 0 amide bonds. The third-order valence-electron chi connectivity index (χ3n) is 3.64. The van der Waals surface area contributed by atoms with Crippen molar-refractivity contribution >= 4 is 21.6 Å². The van der Waals surface area contributed by atoms with Crippen LogP contribution in [0.15, 0.2) is 42.5 Å². The first-order chi connectivity index (χ1) is 11.4. The maximum atomic E-state index is 13.8. The molecule has 130 valence electrons. The Morgan fingerprint density at radius 2 is 1.88 bits per heavy atom. The van der Waals surface area contributed by atoms with Crippen molar-refractivity contribution in [1.82, 2.24) is 4.72 Å². The van der Waals surface area contributed by atoms with Crippen LogP contribution in [0.5, 0.6) is 5.75 Å². The molecule has 24 heavy (non-hydrogen) atoms. The van der Waals surface area contributed by atoms with Crippen molar-refractivity contribution in [3.63, 3.8) is 0 Å². The summed E-state index contributed by atoms with van der Waals surface area (Å²) in [5, 5.41) is 0.0953. The number of ether oxygens (including phenoxy) is 1. The van der Waals surface area contributed by atoms with Crippen molar-refractivity contribution in [2.45, 2.75) is 25.1 Å². The van der Waals surface area contributed by atoms with E-state index >= 15 is 0 Å². The molecule has 2 aromatic carbocycles. The molecular formula is C17H19ClFNO3S. The molecule has 4 nitrogen and oxygen atoms in total. The number of hydrogen-bond acceptors (Lipinski definition) is 3. The maximum absolute atomic E-state index is 13.8. The highest BCUT2D eigenvalue weighted by molar-refractivity contribution is 7.88. The Hall–Kier alpha value is -1.63. The van der Waals surface area contributed by atoms with Crippen molar-refractivity contribution < 1.29 is 17.5 Å². The van der Waals surface area contributed by atoms with E-state index in [1.807, 2.05) is 6.92 Å². The SMILES string of the molecule is CC[C@H](NS(=O)(=O)Cc1c(F)cccc1Cl)c1ccc(OC)cc1. The minimum absolute atomic E-state index is 0.0312. The lowest BCUT2D eigenvalue weighted by Gasteiger charge is -2.18. The molecule has 0 fully saturated rings. The van der Waals surface area contributed by atoms with Crippen LogP contribution in [0.3, 0.4) is 0 Å². The monoisotopic (exact) mass is 371 g/mol. The van der Waals surface area contributed by atoms with Gasteiger partial charge >= 0.3 is 0 Å². The smallest absolute Gasteiger partial charge is 0.216 e. The van der Waals surface area contributed by atoms with Crippen LogP contribution in [0.25, 0.3) is 0 Å². The second kappa shape index (κ2) is 7.96. The molecule has 0 aliphatic rings. The van der Waals surface area contributed by atoms with Gasteiger partial charge in [-0.05, 0) is 36.2 Å². The highest BCUT2D eigenvalue weighted by atomic mass is 35.5. The molecule has 0 aromatic heterocycles. The molecule has 0 spiro atoms. The van der Waals surface area contributed by atoms with E-state index in [-0.39, 0.29) is 10.6 Å². The predicted molar refractivity (Wildman–Crippen MR) is 93.2 cm³/mol. The van der Waals surface area contributed by atoms with E-state index in [2.05, 4.69) is 4.72 Å². The molecule has 7 heteroatoms. The topological polar surface area (TPSA) is 55.4 Å². The molecule has 0 radical (unpaired) electrons. The number of nitrogens with one attached hydrogen (secondary N) is 1. The Labute approximate surface area is 146 Å². The molecule has 2 aromatic rings. The van der Waals surface area contributed by atoms with E-state index in [4.69, 9.17) is 16.3 Å². The van der Waals surface area contributed by atoms with Crippen molar-refractivity contribution in [1.29, 1.82) is 0 Å². The number of methoxy groups -OCH3 is 1. The lowest BCUT2D eigenvalue weighted by atomic mass is 10.1. The Morgan fingerprint density at radius 3 is 2.42 bits per heavy atom. The Morgan fingerprint density at radius 1 is 1.21 bits per heavy atom. The van der Waals surface area contributed by atoms with Crippen molar-refractivity contribution in [2.75, 3.05) is 7.11 Å². The van der Waals surface area contributed by atoms with Gasteiger partial charge in [0.15, 0.2) is 0 Å². The van der Waals surface area contributed by atoms with Crippen LogP contribution < -0.4 is 9.46 Å². The molecule has 0 aliphatic carbocycles. The second-order valence-electron chi connectivity index (χ2n) is 5.31. The Bertz CT molecular complexity index is 774. The standard InChI is InChI=1S/C17H19ClFNO3S/c1-3-17(12-7-9-13(23-2)10-8-12)20-24(21,22)11-14-15(18)5-4-6-16(14)19/h4-10,17,20H,3,11H2,1-2H3/t17-/m0/s1. The zero-order valence-electron chi connectivity index (χ0n) is 13.4. The molecule has 0 unspecified atom stereocenters. The largest absolute Gasteiger partial charge is 0.497 e. The average Bonchev–Trinajstić information content (AvgIpc) is 2.56. The Kier molecular flexibility index (Phi) is 6.21. The van der Waals surface area contributed by atoms with Crippen LogP contribution in [-0.4, -0.2) is 15.5 Å². The summed E-state index contributed by atoms with van der Waals surface area (Å²) in [5.41, 5.74) is 0.776. The maximum Gasteiger partial charge on any atom is 0.216 e. The van der Waals surface area contributed by atoms with Gasteiger partial charge in [-0.15, -0.1) is 0 Å². The zero-order valence-corrected chi connectivity index (χ0v) is 15.0. The Balaban J connectivity index is 2.19. The van der Waals surface area contributed by atoms with E-state index in [0.717, 1.165) is 5.56 Å². The normalized spacial score (nSPS) is 12.8. The van der Waals surface area contributed by atoms with E-state index in [0.29, 0.717) is 12.2 Å². The summed E-state index contributed by atoms with van der Waals surface area (Å²) in [6.07, 6.45) is 0.552. The summed E-state index contributed by atoms with van der Waals surface area (Å²) < 4.78 is 46.3. The number of benzene rings is 2. The molecule has 1 N–H and O–H groups in total. The fourth-order valence-corrected chi connectivity index (χ4v) is 4.14. The quantitative estimate of drug-likeness (QED) is 0.798. The van der Waals surface area contributed by atoms with E-state index < -0.39 is 27.6 Å². The van der Waals surface area contributed by atoms with Crippen molar-refractivity contribution in [3.05, 3.63) is 64.4 Å². The number of rotatable bonds is 7. The predicted octanol–water partition coefficient (Wildman–Crippen LogP) is 4.06. The number of hydrogen-bond donors (Lipinski definition) is 1. The summed E-state index contributed by atoms with van der Waals surface area (Å²) in [6, 6.07) is 10.8. The van der Waals surface area contributed by atoms with Gasteiger partial charge in [-0.25, -0.2) is 17.5 Å². The molecule has 0 saturated carbocycles. The first kappa shape index (κ1) is 18.7. The fourth-order valence-electron chi connectivity index (χ4n) is 2.34. The van der Waals surface area contributed by atoms with Gasteiger partial charge in [0.2, 0.25) is 10.0 Å². The summed E-state index contributed by atoms with van der Waals surface area (Å²) in [7, 11) is -2.20. The third-order valence-corrected chi connectivity index (χ3v) is 5.31. The fraction of sp³-hybridized carbons (Fsp3) is 0.294. The first-order valence-electron chi connectivity index (χ1n) is 7.43. The number of sulfonamides is 1. The minimum atomic E-state index is -3.76. The molecule has 0 aliphatic heterocycles. The molecule has 0 heterocycles. The van der Waals surface area contributed by atoms with E-state index in [9.17, 15) is 12.8 Å². The van der Waals surface area contributed by atoms with Crippen LogP contribution in [0.1, 0.15) is 30.5 Å². The first-order valence-corrected chi connectivity index (χ1v) is 9.46. The average molecular weight is 372 g/mol. The van der Waals surface area contributed by atoms with Crippen LogP contribution in [0, 0.1) is 5.82 Å². The molecule has 2 rings (SSSR count). The van der Waals surface area contributed by atoms with Crippen LogP contribution >= 0.6 is 11.6 Å². The summed E-state index contributed by atoms with van der Waals surface area (Å²) in [4.78, 5) is 0. The molecule has 0 bridgehead atoms. The van der Waals surface area contributed by atoms with Gasteiger partial charge in [0.25, 0.3) is 0 Å². The van der Waals surface area contributed by atoms with Crippen molar-refractivity contribution in [3.8, 4) is 5.75 Å². The van der Waals surface area contributed by atoms with Gasteiger partial charge in [0, 0.05) is 16.6 Å². The lowest BCUT2D eigenvalue weighted by Crippen LogP contribution is -2.29. The third kappa shape index (κ3) is 4.69. The molecular weight excluding hydrogens is 353 g/mol. The van der Waals surface area contributed by atoms with Crippen LogP contribution in [0.4, 0.5) is 4.39 Å². The van der Waals surface area contributed by atoms with Gasteiger partial charge in [-0.1, -0.05) is 36.7 Å². The minimum Gasteiger partial charge on any atom is -0.497 e. The van der Waals surface area contributed by atoms with Crippen LogP contribution in [-0.2, 0) is 15.8 Å². The summed E-state index contributed by atoms with van der Waals surface area (Å²) in [5.74, 6) is -0.453. The lowest BCUT2D eigenvalue weighted by molar-refractivity contribution is 0.414. The van der Waals surface area contributed by atoms with E-state index in [1.54, 1.807) is 31.4 Å². The van der Waals surface area contributed by atoms with Gasteiger partial charge in [-0.2, -0.15) is 0 Å². The highest BCUT2D eigenvalue weighted by Crippen LogP contribution is 2.24. The van der Waals surface area contributed by atoms with Gasteiger partial charge in [0.05, 0.1) is 12.9 Å². The van der Waals surface area contributed by atoms with Crippen molar-refractivity contribution in [2.24, 2.45) is 0 Å². The van der Waals surface area contributed by atoms with Crippen LogP contribution in [0.2, 0.25) is 5.02 Å². The van der Waals surface area contributed by atoms with E-state index in [1.165, 1.54) is 18.2 Å². The van der Waals surface area contributed by atoms with Gasteiger partial charge in [0.1, 0.15) is 11.6 Å². The second-order valence-corrected chi connectivity index (χ2v) is 7.47. The summed E-state index contributed by atoms with van der Waals surface area (Å²) in [6.45, 7) is 1.87. The summed E-state index contributed by atoms with van der Waals surface area (Å²) >= 11 is 5.91. The van der Waals surface area contributed by atoms with Gasteiger partial charge in [-0.3, -0.25) is 0 Å². The highest BCUT2D eigenvalue weighted by Gasteiger charge is 2.21.